The van der Waals surface area contributed by atoms with Crippen LogP contribution in [0.15, 0.2) is 54.6 Å². The van der Waals surface area contributed by atoms with E-state index in [-0.39, 0.29) is 0 Å². The number of aryl methyl sites for hydroxylation is 1. The number of aliphatic carboxylic acids is 1. The second-order valence-corrected chi connectivity index (χ2v) is 4.14. The van der Waals surface area contributed by atoms with Crippen LogP contribution in [-0.2, 0) is 4.79 Å². The van der Waals surface area contributed by atoms with E-state index in [2.05, 4.69) is 0 Å². The van der Waals surface area contributed by atoms with E-state index in [4.69, 9.17) is 0 Å². The van der Waals surface area contributed by atoms with Crippen molar-refractivity contribution < 1.29 is 9.90 Å². The molecule has 2 rings (SSSR count). The molecule has 0 bridgehead atoms. The monoisotopic (exact) mass is 238 g/mol. The first kappa shape index (κ1) is 12.1. The zero-order chi connectivity index (χ0) is 13.0. The molecule has 0 unspecified atom stereocenters. The molecular formula is C16H14O2. The fraction of sp³-hybridized carbons (Fsp3) is 0.0625. The van der Waals surface area contributed by atoms with Gasteiger partial charge in [-0.05, 0) is 24.1 Å². The first-order chi connectivity index (χ1) is 8.66. The molecule has 0 radical (unpaired) electrons. The lowest BCUT2D eigenvalue weighted by molar-refractivity contribution is -0.130. The van der Waals surface area contributed by atoms with E-state index in [0.29, 0.717) is 11.1 Å². The number of carbonyl (C=O) groups is 1. The third kappa shape index (κ3) is 2.86. The normalized spacial score (nSPS) is 11.3. The van der Waals surface area contributed by atoms with Crippen LogP contribution in [0.4, 0.5) is 0 Å². The molecule has 0 heterocycles. The number of benzene rings is 2. The predicted molar refractivity (Wildman–Crippen MR) is 73.1 cm³/mol. The first-order valence-corrected chi connectivity index (χ1v) is 5.74. The van der Waals surface area contributed by atoms with E-state index in [0.717, 1.165) is 11.1 Å². The Morgan fingerprint density at radius 2 is 1.61 bits per heavy atom. The SMILES string of the molecule is Cc1ccc(/C=C(\C(=O)O)c2ccccc2)cc1. The minimum Gasteiger partial charge on any atom is -0.478 e. The molecule has 0 aromatic heterocycles. The molecular weight excluding hydrogens is 224 g/mol. The van der Waals surface area contributed by atoms with Crippen molar-refractivity contribution in [3.05, 3.63) is 71.3 Å². The van der Waals surface area contributed by atoms with Crippen molar-refractivity contribution in [2.75, 3.05) is 0 Å². The molecule has 2 aromatic rings. The molecule has 0 aliphatic heterocycles. The first-order valence-electron chi connectivity index (χ1n) is 5.74. The molecule has 0 aliphatic carbocycles. The van der Waals surface area contributed by atoms with Gasteiger partial charge in [-0.3, -0.25) is 0 Å². The minimum atomic E-state index is -0.915. The van der Waals surface area contributed by atoms with E-state index in [1.54, 1.807) is 18.2 Å². The average Bonchev–Trinajstić information content (AvgIpc) is 2.38. The fourth-order valence-electron chi connectivity index (χ4n) is 1.72. The van der Waals surface area contributed by atoms with Gasteiger partial charge in [-0.25, -0.2) is 4.79 Å². The molecule has 0 amide bonds. The summed E-state index contributed by atoms with van der Waals surface area (Å²) in [5.41, 5.74) is 3.07. The van der Waals surface area contributed by atoms with E-state index in [1.807, 2.05) is 49.4 Å². The lowest BCUT2D eigenvalue weighted by Gasteiger charge is -2.03. The van der Waals surface area contributed by atoms with Crippen molar-refractivity contribution in [1.82, 2.24) is 0 Å². The van der Waals surface area contributed by atoms with Crippen molar-refractivity contribution in [3.63, 3.8) is 0 Å². The Balaban J connectivity index is 2.43. The maximum Gasteiger partial charge on any atom is 0.336 e. The highest BCUT2D eigenvalue weighted by atomic mass is 16.4. The average molecular weight is 238 g/mol. The Morgan fingerprint density at radius 3 is 2.17 bits per heavy atom. The second-order valence-electron chi connectivity index (χ2n) is 4.14. The van der Waals surface area contributed by atoms with Crippen LogP contribution in [0.2, 0.25) is 0 Å². The summed E-state index contributed by atoms with van der Waals surface area (Å²) in [7, 11) is 0. The molecule has 2 aromatic carbocycles. The van der Waals surface area contributed by atoms with Crippen LogP contribution in [0.3, 0.4) is 0 Å². The summed E-state index contributed by atoms with van der Waals surface area (Å²) in [6, 6.07) is 16.9. The molecule has 0 saturated carbocycles. The molecule has 1 N–H and O–H groups in total. The van der Waals surface area contributed by atoms with Crippen molar-refractivity contribution in [2.24, 2.45) is 0 Å². The molecule has 0 aliphatic rings. The number of rotatable bonds is 3. The van der Waals surface area contributed by atoms with Gasteiger partial charge in [0.05, 0.1) is 5.57 Å². The van der Waals surface area contributed by atoms with Gasteiger partial charge < -0.3 is 5.11 Å². The third-order valence-electron chi connectivity index (χ3n) is 2.70. The molecule has 2 heteroatoms. The Labute approximate surface area is 106 Å². The summed E-state index contributed by atoms with van der Waals surface area (Å²) >= 11 is 0. The van der Waals surface area contributed by atoms with Gasteiger partial charge in [-0.15, -0.1) is 0 Å². The van der Waals surface area contributed by atoms with Crippen molar-refractivity contribution >= 4 is 17.6 Å². The Morgan fingerprint density at radius 1 is 1.00 bits per heavy atom. The van der Waals surface area contributed by atoms with Crippen LogP contribution < -0.4 is 0 Å². The minimum absolute atomic E-state index is 0.305. The highest BCUT2D eigenvalue weighted by molar-refractivity contribution is 6.20. The van der Waals surface area contributed by atoms with E-state index < -0.39 is 5.97 Å². The van der Waals surface area contributed by atoms with Crippen LogP contribution in [0.1, 0.15) is 16.7 Å². The molecule has 18 heavy (non-hydrogen) atoms. The van der Waals surface area contributed by atoms with E-state index in [9.17, 15) is 9.90 Å². The lowest BCUT2D eigenvalue weighted by atomic mass is 10.0. The van der Waals surface area contributed by atoms with Crippen LogP contribution in [-0.4, -0.2) is 11.1 Å². The zero-order valence-electron chi connectivity index (χ0n) is 10.1. The van der Waals surface area contributed by atoms with Gasteiger partial charge in [-0.2, -0.15) is 0 Å². The van der Waals surface area contributed by atoms with Gasteiger partial charge in [0.15, 0.2) is 0 Å². The summed E-state index contributed by atoms with van der Waals surface area (Å²) in [5.74, 6) is -0.915. The molecule has 2 nitrogen and oxygen atoms in total. The van der Waals surface area contributed by atoms with Gasteiger partial charge in [-0.1, -0.05) is 60.2 Å². The Bertz CT molecular complexity index is 566. The molecule has 0 atom stereocenters. The van der Waals surface area contributed by atoms with Crippen molar-refractivity contribution in [3.8, 4) is 0 Å². The molecule has 0 saturated heterocycles. The Kier molecular flexibility index (Phi) is 3.58. The quantitative estimate of drug-likeness (QED) is 0.655. The fourth-order valence-corrected chi connectivity index (χ4v) is 1.72. The van der Waals surface area contributed by atoms with Crippen molar-refractivity contribution in [1.29, 1.82) is 0 Å². The summed E-state index contributed by atoms with van der Waals surface area (Å²) in [6.07, 6.45) is 1.69. The number of hydrogen-bond acceptors (Lipinski definition) is 1. The summed E-state index contributed by atoms with van der Waals surface area (Å²) < 4.78 is 0. The van der Waals surface area contributed by atoms with Gasteiger partial charge in [0.1, 0.15) is 0 Å². The van der Waals surface area contributed by atoms with Crippen LogP contribution in [0, 0.1) is 6.92 Å². The Hall–Kier alpha value is -2.35. The van der Waals surface area contributed by atoms with Crippen LogP contribution in [0.25, 0.3) is 11.6 Å². The standard InChI is InChI=1S/C16H14O2/c1-12-7-9-13(10-8-12)11-15(16(17)18)14-5-3-2-4-6-14/h2-11H,1H3,(H,17,18)/b15-11-. The van der Waals surface area contributed by atoms with Gasteiger partial charge in [0, 0.05) is 0 Å². The van der Waals surface area contributed by atoms with Crippen LogP contribution >= 0.6 is 0 Å². The number of carboxylic acids is 1. The topological polar surface area (TPSA) is 37.3 Å². The maximum absolute atomic E-state index is 11.3. The maximum atomic E-state index is 11.3. The summed E-state index contributed by atoms with van der Waals surface area (Å²) in [4.78, 5) is 11.3. The molecule has 0 fully saturated rings. The van der Waals surface area contributed by atoms with Gasteiger partial charge in [0.2, 0.25) is 0 Å². The summed E-state index contributed by atoms with van der Waals surface area (Å²) in [5, 5.41) is 9.27. The number of carboxylic acid groups (broad SMARTS) is 1. The highest BCUT2D eigenvalue weighted by Gasteiger charge is 2.09. The molecule has 90 valence electrons. The van der Waals surface area contributed by atoms with E-state index in [1.165, 1.54) is 0 Å². The second kappa shape index (κ2) is 5.32. The van der Waals surface area contributed by atoms with Crippen LogP contribution in [0.5, 0.6) is 0 Å². The van der Waals surface area contributed by atoms with E-state index >= 15 is 0 Å². The van der Waals surface area contributed by atoms with Gasteiger partial charge in [0.25, 0.3) is 0 Å². The predicted octanol–water partition coefficient (Wildman–Crippen LogP) is 3.62. The lowest BCUT2D eigenvalue weighted by Crippen LogP contribution is -1.99. The van der Waals surface area contributed by atoms with Gasteiger partial charge >= 0.3 is 5.97 Å². The van der Waals surface area contributed by atoms with Crippen molar-refractivity contribution in [2.45, 2.75) is 6.92 Å². The summed E-state index contributed by atoms with van der Waals surface area (Å²) in [6.45, 7) is 2.00. The molecule has 0 spiro atoms. The number of hydrogen-bond donors (Lipinski definition) is 1. The smallest absolute Gasteiger partial charge is 0.336 e. The largest absolute Gasteiger partial charge is 0.478 e. The highest BCUT2D eigenvalue weighted by Crippen LogP contribution is 2.18. The third-order valence-corrected chi connectivity index (χ3v) is 2.70. The zero-order valence-corrected chi connectivity index (χ0v) is 10.1.